The van der Waals surface area contributed by atoms with Crippen LogP contribution in [0, 0.1) is 0 Å². The molecule has 9 N–H and O–H groups in total. The predicted molar refractivity (Wildman–Crippen MR) is 208 cm³/mol. The van der Waals surface area contributed by atoms with Gasteiger partial charge in [-0.25, -0.2) is 0 Å². The molecule has 2 aliphatic rings. The number of carbonyl (C=O) groups excluding carboxylic acids is 1. The molecule has 14 nitrogen and oxygen atoms in total. The fraction of sp³-hybridized carbons (Fsp3) is 0.927. The van der Waals surface area contributed by atoms with Crippen LogP contribution in [0.4, 0.5) is 0 Å². The summed E-state index contributed by atoms with van der Waals surface area (Å²) in [6.07, 6.45) is 9.87. The van der Waals surface area contributed by atoms with Crippen LogP contribution >= 0.6 is 0 Å². The molecule has 2 aliphatic heterocycles. The summed E-state index contributed by atoms with van der Waals surface area (Å²) in [6, 6.07) is -0.904. The summed E-state index contributed by atoms with van der Waals surface area (Å²) in [4.78, 5) is 13.0. The summed E-state index contributed by atoms with van der Waals surface area (Å²) in [7, 11) is 0. The van der Waals surface area contributed by atoms with Crippen molar-refractivity contribution in [1.82, 2.24) is 5.32 Å². The Labute approximate surface area is 329 Å². The third kappa shape index (κ3) is 18.9. The second-order valence-corrected chi connectivity index (χ2v) is 15.5. The summed E-state index contributed by atoms with van der Waals surface area (Å²) < 4.78 is 22.5. The summed E-state index contributed by atoms with van der Waals surface area (Å²) in [6.45, 7) is 2.72. The molecule has 2 saturated heterocycles. The van der Waals surface area contributed by atoms with Crippen LogP contribution in [0.3, 0.4) is 0 Å². The van der Waals surface area contributed by atoms with Crippen molar-refractivity contribution in [2.45, 2.75) is 222 Å². The van der Waals surface area contributed by atoms with Gasteiger partial charge in [-0.15, -0.1) is 0 Å². The number of ether oxygens (including phenoxy) is 4. The zero-order valence-electron chi connectivity index (χ0n) is 33.7. The molecule has 2 fully saturated rings. The molecule has 0 aromatic rings. The first-order chi connectivity index (χ1) is 26.6. The maximum absolute atomic E-state index is 13.0. The summed E-state index contributed by atoms with van der Waals surface area (Å²) in [5.74, 6) is -0.244. The van der Waals surface area contributed by atoms with Gasteiger partial charge in [0, 0.05) is 6.42 Å². The lowest BCUT2D eigenvalue weighted by Crippen LogP contribution is -2.65. The van der Waals surface area contributed by atoms with Crippen molar-refractivity contribution in [3.05, 3.63) is 12.2 Å². The molecule has 14 heteroatoms. The van der Waals surface area contributed by atoms with E-state index in [0.717, 1.165) is 38.5 Å². The van der Waals surface area contributed by atoms with Crippen molar-refractivity contribution in [3.63, 3.8) is 0 Å². The van der Waals surface area contributed by atoms with E-state index in [1.54, 1.807) is 6.08 Å². The largest absolute Gasteiger partial charge is 0.394 e. The molecular weight excluding hydrogens is 714 g/mol. The highest BCUT2D eigenvalue weighted by Crippen LogP contribution is 2.30. The molecule has 0 radical (unpaired) electrons. The number of allylic oxidation sites excluding steroid dienone is 1. The van der Waals surface area contributed by atoms with Crippen LogP contribution in [0.2, 0.25) is 0 Å². The number of rotatable bonds is 31. The van der Waals surface area contributed by atoms with Gasteiger partial charge in [-0.2, -0.15) is 0 Å². The number of nitrogens with one attached hydrogen (secondary N) is 1. The van der Waals surface area contributed by atoms with E-state index < -0.39 is 86.8 Å². The molecule has 55 heavy (non-hydrogen) atoms. The highest BCUT2D eigenvalue weighted by Gasteiger charge is 2.50. The Hall–Kier alpha value is -1.27. The van der Waals surface area contributed by atoms with Crippen molar-refractivity contribution in [2.24, 2.45) is 0 Å². The highest BCUT2D eigenvalue weighted by molar-refractivity contribution is 5.76. The molecule has 2 rings (SSSR count). The van der Waals surface area contributed by atoms with E-state index in [1.165, 1.54) is 83.5 Å². The number of hydrogen-bond donors (Lipinski definition) is 9. The van der Waals surface area contributed by atoms with Gasteiger partial charge in [-0.1, -0.05) is 135 Å². The first-order valence-corrected chi connectivity index (χ1v) is 21.4. The molecule has 2 heterocycles. The first-order valence-electron chi connectivity index (χ1n) is 21.4. The van der Waals surface area contributed by atoms with Gasteiger partial charge in [0.05, 0.1) is 32.0 Å². The fourth-order valence-corrected chi connectivity index (χ4v) is 7.11. The zero-order valence-corrected chi connectivity index (χ0v) is 33.7. The predicted octanol–water partition coefficient (Wildman–Crippen LogP) is 3.26. The van der Waals surface area contributed by atoms with Crippen LogP contribution in [0.5, 0.6) is 0 Å². The highest BCUT2D eigenvalue weighted by atomic mass is 16.7. The van der Waals surface area contributed by atoms with Gasteiger partial charge in [0.15, 0.2) is 12.6 Å². The molecule has 0 saturated carbocycles. The minimum atomic E-state index is -1.78. The van der Waals surface area contributed by atoms with E-state index in [1.807, 2.05) is 6.08 Å². The molecule has 0 aromatic carbocycles. The minimum absolute atomic E-state index is 0.244. The molecule has 0 bridgehead atoms. The minimum Gasteiger partial charge on any atom is -0.394 e. The molecule has 324 valence electrons. The van der Waals surface area contributed by atoms with Crippen molar-refractivity contribution >= 4 is 5.91 Å². The Morgan fingerprint density at radius 2 is 1.13 bits per heavy atom. The lowest BCUT2D eigenvalue weighted by atomic mass is 9.97. The normalized spacial score (nSPS) is 29.8. The van der Waals surface area contributed by atoms with Gasteiger partial charge in [-0.05, 0) is 19.3 Å². The molecule has 12 atom stereocenters. The fourth-order valence-electron chi connectivity index (χ4n) is 7.11. The van der Waals surface area contributed by atoms with Crippen LogP contribution in [0.1, 0.15) is 149 Å². The van der Waals surface area contributed by atoms with E-state index >= 15 is 0 Å². The second kappa shape index (κ2) is 29.9. The number of carbonyl (C=O) groups is 1. The van der Waals surface area contributed by atoms with Gasteiger partial charge in [0.2, 0.25) is 5.91 Å². The number of aliphatic hydroxyl groups is 8. The second-order valence-electron chi connectivity index (χ2n) is 15.5. The maximum Gasteiger partial charge on any atom is 0.220 e. The number of amides is 1. The smallest absolute Gasteiger partial charge is 0.220 e. The van der Waals surface area contributed by atoms with Gasteiger partial charge >= 0.3 is 0 Å². The van der Waals surface area contributed by atoms with Crippen molar-refractivity contribution < 1.29 is 64.6 Å². The molecule has 0 aromatic heterocycles. The maximum atomic E-state index is 13.0. The van der Waals surface area contributed by atoms with Crippen molar-refractivity contribution in [1.29, 1.82) is 0 Å². The van der Waals surface area contributed by atoms with E-state index in [9.17, 15) is 45.6 Å². The lowest BCUT2D eigenvalue weighted by Gasteiger charge is -2.46. The molecule has 0 spiro atoms. The van der Waals surface area contributed by atoms with Crippen LogP contribution in [-0.4, -0.2) is 140 Å². The van der Waals surface area contributed by atoms with Gasteiger partial charge < -0.3 is 65.1 Å². The third-order valence-electron chi connectivity index (χ3n) is 10.7. The summed E-state index contributed by atoms with van der Waals surface area (Å²) in [5.41, 5.74) is 0. The van der Waals surface area contributed by atoms with Gasteiger partial charge in [0.1, 0.15) is 48.8 Å². The van der Waals surface area contributed by atoms with E-state index in [-0.39, 0.29) is 18.9 Å². The van der Waals surface area contributed by atoms with Gasteiger partial charge in [0.25, 0.3) is 0 Å². The zero-order chi connectivity index (χ0) is 40.4. The summed E-state index contributed by atoms with van der Waals surface area (Å²) >= 11 is 0. The molecule has 0 aliphatic carbocycles. The Morgan fingerprint density at radius 1 is 0.636 bits per heavy atom. The van der Waals surface area contributed by atoms with Crippen LogP contribution in [0.15, 0.2) is 12.2 Å². The van der Waals surface area contributed by atoms with Crippen molar-refractivity contribution in [2.75, 3.05) is 19.8 Å². The Bertz CT molecular complexity index is 988. The monoisotopic (exact) mass is 792 g/mol. The average molecular weight is 792 g/mol. The lowest BCUT2D eigenvalue weighted by molar-refractivity contribution is -0.359. The van der Waals surface area contributed by atoms with Crippen LogP contribution in [-0.2, 0) is 23.7 Å². The Morgan fingerprint density at radius 3 is 1.67 bits per heavy atom. The van der Waals surface area contributed by atoms with Crippen LogP contribution < -0.4 is 5.32 Å². The Balaban J connectivity index is 1.94. The number of unbranched alkanes of at least 4 members (excludes halogenated alkanes) is 18. The number of hydrogen-bond acceptors (Lipinski definition) is 13. The first kappa shape index (κ1) is 49.9. The van der Waals surface area contributed by atoms with E-state index in [2.05, 4.69) is 19.2 Å². The number of aliphatic hydroxyl groups excluding tert-OH is 8. The quantitative estimate of drug-likeness (QED) is 0.0364. The van der Waals surface area contributed by atoms with Crippen LogP contribution in [0.25, 0.3) is 0 Å². The molecule has 4 unspecified atom stereocenters. The standard InChI is InChI=1S/C41H77NO13/c1-3-5-7-9-11-13-15-17-19-21-23-25-33(46)42-29(30(45)24-22-20-18-16-14-12-10-8-6-4-2)28-52-40-38(51)36(49)39(32(27-44)54-40)55-41-37(50)35(48)34(47)31(26-43)53-41/h22,24,29-32,34-41,43-45,47-51H,3-21,23,25-28H2,1-2H3,(H,42,46)/b24-22+/t29-,30+,31+,32+,34-,35?,36?,37?,38?,39+,40+,41-/m0/s1. The Kier molecular flexibility index (Phi) is 27.1. The molecular formula is C41H77NO13. The SMILES string of the molecule is CCCCCCCCCC/C=C/[C@@H](O)[C@H](CO[C@@H]1O[C@H](CO)[C@@H](O[C@@H]2O[C@H](CO)[C@H](O)C(O)C2O)C(O)C1O)NC(=O)CCCCCCCCCCCCC. The third-order valence-corrected chi connectivity index (χ3v) is 10.7. The summed E-state index contributed by atoms with van der Waals surface area (Å²) in [5, 5.41) is 86.2. The van der Waals surface area contributed by atoms with Gasteiger partial charge in [-0.3, -0.25) is 4.79 Å². The topological polar surface area (TPSA) is 228 Å². The van der Waals surface area contributed by atoms with E-state index in [0.29, 0.717) is 6.42 Å². The van der Waals surface area contributed by atoms with Crippen molar-refractivity contribution in [3.8, 4) is 0 Å². The average Bonchev–Trinajstić information content (AvgIpc) is 3.18. The van der Waals surface area contributed by atoms with E-state index in [4.69, 9.17) is 18.9 Å². The molecule has 1 amide bonds.